The fraction of sp³-hybridized carbons (Fsp3) is 0.240. The first-order valence-corrected chi connectivity index (χ1v) is 11.0. The molecule has 0 amide bonds. The van der Waals surface area contributed by atoms with Gasteiger partial charge in [-0.3, -0.25) is 0 Å². The van der Waals surface area contributed by atoms with Gasteiger partial charge >= 0.3 is 0 Å². The number of imidazole rings is 1. The molecule has 3 N–H and O–H groups in total. The van der Waals surface area contributed by atoms with Crippen LogP contribution < -0.4 is 5.73 Å². The van der Waals surface area contributed by atoms with E-state index in [2.05, 4.69) is 63.6 Å². The number of aromatic amines is 1. The Morgan fingerprint density at radius 3 is 2.65 bits per heavy atom. The monoisotopic (exact) mass is 408 g/mol. The second-order valence-electron chi connectivity index (χ2n) is 8.38. The predicted molar refractivity (Wildman–Crippen MR) is 124 cm³/mol. The van der Waals surface area contributed by atoms with E-state index < -0.39 is 0 Å². The number of para-hydroxylation sites is 1. The number of benzene rings is 2. The van der Waals surface area contributed by atoms with Gasteiger partial charge in [0, 0.05) is 16.9 Å². The zero-order valence-electron chi connectivity index (χ0n) is 17.3. The second-order valence-corrected chi connectivity index (χ2v) is 8.38. The Labute approximate surface area is 180 Å². The minimum absolute atomic E-state index is 0.411. The largest absolute Gasteiger partial charge is 0.382 e. The standard InChI is InChI=1S/C25H24N6/c26-24-23-22(30-25(31(23)28-15-27-24)17-10-5-2-6-11-17)20-14-18-12-7-13-19(21(18)29-20)16-8-3-1-4-9-16/h1,3-4,7-9,12-15,17,29H,2,5-6,10-11H2,(H2,26,27,28). The molecule has 1 fully saturated rings. The number of fused-ring (bicyclic) bond motifs is 2. The number of anilines is 1. The van der Waals surface area contributed by atoms with Crippen LogP contribution in [0.1, 0.15) is 43.8 Å². The third kappa shape index (κ3) is 2.98. The van der Waals surface area contributed by atoms with Crippen LogP contribution in [-0.4, -0.2) is 24.6 Å². The number of hydrogen-bond donors (Lipinski definition) is 2. The normalized spacial score (nSPS) is 15.1. The van der Waals surface area contributed by atoms with Gasteiger partial charge < -0.3 is 10.7 Å². The van der Waals surface area contributed by atoms with Crippen LogP contribution in [0.5, 0.6) is 0 Å². The van der Waals surface area contributed by atoms with Gasteiger partial charge in [-0.2, -0.15) is 5.10 Å². The molecule has 2 aromatic carbocycles. The summed E-state index contributed by atoms with van der Waals surface area (Å²) >= 11 is 0. The lowest BCUT2D eigenvalue weighted by atomic mass is 9.89. The highest BCUT2D eigenvalue weighted by Crippen LogP contribution is 2.37. The van der Waals surface area contributed by atoms with E-state index >= 15 is 0 Å². The molecule has 0 bridgehead atoms. The lowest BCUT2D eigenvalue weighted by Gasteiger charge is -2.19. The van der Waals surface area contributed by atoms with Crippen LogP contribution >= 0.6 is 0 Å². The van der Waals surface area contributed by atoms with Crippen molar-refractivity contribution in [2.45, 2.75) is 38.0 Å². The van der Waals surface area contributed by atoms with Crippen molar-refractivity contribution in [3.8, 4) is 22.5 Å². The highest BCUT2D eigenvalue weighted by atomic mass is 15.3. The minimum Gasteiger partial charge on any atom is -0.382 e. The van der Waals surface area contributed by atoms with Gasteiger partial charge in [-0.15, -0.1) is 0 Å². The first-order valence-electron chi connectivity index (χ1n) is 11.0. The Bertz CT molecular complexity index is 1380. The van der Waals surface area contributed by atoms with Crippen molar-refractivity contribution in [2.24, 2.45) is 0 Å². The molecule has 154 valence electrons. The molecular formula is C25H24N6. The van der Waals surface area contributed by atoms with Gasteiger partial charge in [-0.25, -0.2) is 14.5 Å². The Morgan fingerprint density at radius 2 is 1.81 bits per heavy atom. The van der Waals surface area contributed by atoms with Crippen molar-refractivity contribution in [3.63, 3.8) is 0 Å². The summed E-state index contributed by atoms with van der Waals surface area (Å²) in [5, 5.41) is 5.68. The third-order valence-electron chi connectivity index (χ3n) is 6.45. The second kappa shape index (κ2) is 7.23. The van der Waals surface area contributed by atoms with Crippen molar-refractivity contribution in [1.82, 2.24) is 24.6 Å². The fourth-order valence-electron chi connectivity index (χ4n) is 4.93. The van der Waals surface area contributed by atoms with Crippen LogP contribution in [0.4, 0.5) is 5.82 Å². The zero-order valence-corrected chi connectivity index (χ0v) is 17.3. The molecule has 5 aromatic rings. The Balaban J connectivity index is 1.56. The third-order valence-corrected chi connectivity index (χ3v) is 6.45. The molecule has 1 aliphatic carbocycles. The first-order chi connectivity index (χ1) is 15.3. The van der Waals surface area contributed by atoms with E-state index in [1.807, 2.05) is 10.6 Å². The van der Waals surface area contributed by atoms with Crippen molar-refractivity contribution in [2.75, 3.05) is 5.73 Å². The number of aromatic nitrogens is 5. The van der Waals surface area contributed by atoms with Crippen LogP contribution in [0, 0.1) is 0 Å². The molecule has 0 unspecified atom stereocenters. The Hall–Kier alpha value is -3.67. The minimum atomic E-state index is 0.411. The van der Waals surface area contributed by atoms with Gasteiger partial charge in [0.2, 0.25) is 0 Å². The number of nitrogens with two attached hydrogens (primary N) is 1. The van der Waals surface area contributed by atoms with Gasteiger partial charge in [0.25, 0.3) is 0 Å². The molecule has 6 rings (SSSR count). The molecular weight excluding hydrogens is 384 g/mol. The summed E-state index contributed by atoms with van der Waals surface area (Å²) < 4.78 is 1.91. The van der Waals surface area contributed by atoms with E-state index in [9.17, 15) is 0 Å². The quantitative estimate of drug-likeness (QED) is 0.409. The summed E-state index contributed by atoms with van der Waals surface area (Å²) in [6.45, 7) is 0. The molecule has 0 saturated heterocycles. The number of nitrogens with zero attached hydrogens (tertiary/aromatic N) is 4. The van der Waals surface area contributed by atoms with E-state index in [4.69, 9.17) is 10.7 Å². The van der Waals surface area contributed by atoms with Crippen LogP contribution in [0.25, 0.3) is 38.9 Å². The van der Waals surface area contributed by atoms with Crippen molar-refractivity contribution >= 4 is 22.2 Å². The maximum Gasteiger partial charge on any atom is 0.153 e. The maximum absolute atomic E-state index is 6.33. The number of nitrogens with one attached hydrogen (secondary N) is 1. The molecule has 0 aliphatic heterocycles. The van der Waals surface area contributed by atoms with E-state index in [1.54, 1.807) is 0 Å². The number of nitrogen functional groups attached to an aromatic ring is 1. The first kappa shape index (κ1) is 18.1. The smallest absolute Gasteiger partial charge is 0.153 e. The van der Waals surface area contributed by atoms with E-state index in [-0.39, 0.29) is 0 Å². The number of H-pyrrole nitrogens is 1. The summed E-state index contributed by atoms with van der Waals surface area (Å²) in [4.78, 5) is 13.0. The topological polar surface area (TPSA) is 84.9 Å². The van der Waals surface area contributed by atoms with E-state index in [0.717, 1.165) is 46.5 Å². The van der Waals surface area contributed by atoms with Gasteiger partial charge in [-0.1, -0.05) is 67.8 Å². The summed E-state index contributed by atoms with van der Waals surface area (Å²) in [6, 6.07) is 19.0. The van der Waals surface area contributed by atoms with Crippen LogP contribution in [0.2, 0.25) is 0 Å². The SMILES string of the molecule is Nc1ncnn2c(C3CCCCC3)nc(-c3cc4cccc(-c5ccccc5)c4[nH]3)c12. The Kier molecular flexibility index (Phi) is 4.23. The van der Waals surface area contributed by atoms with E-state index in [1.165, 1.54) is 36.7 Å². The lowest BCUT2D eigenvalue weighted by molar-refractivity contribution is 0.424. The molecule has 0 radical (unpaired) electrons. The van der Waals surface area contributed by atoms with Crippen molar-refractivity contribution in [3.05, 3.63) is 66.7 Å². The lowest BCUT2D eigenvalue weighted by Crippen LogP contribution is -2.10. The van der Waals surface area contributed by atoms with E-state index in [0.29, 0.717) is 11.7 Å². The highest BCUT2D eigenvalue weighted by Gasteiger charge is 2.25. The molecule has 6 nitrogen and oxygen atoms in total. The predicted octanol–water partition coefficient (Wildman–Crippen LogP) is 5.57. The van der Waals surface area contributed by atoms with Gasteiger partial charge in [0.1, 0.15) is 23.4 Å². The molecule has 1 saturated carbocycles. The van der Waals surface area contributed by atoms with Gasteiger partial charge in [0.05, 0.1) is 11.2 Å². The molecule has 6 heteroatoms. The van der Waals surface area contributed by atoms with Gasteiger partial charge in [0.15, 0.2) is 5.82 Å². The summed E-state index contributed by atoms with van der Waals surface area (Å²) in [5.74, 6) is 1.87. The molecule has 0 atom stereocenters. The number of hydrogen-bond acceptors (Lipinski definition) is 4. The molecule has 0 spiro atoms. The average Bonchev–Trinajstić information content (AvgIpc) is 3.42. The molecule has 31 heavy (non-hydrogen) atoms. The zero-order chi connectivity index (χ0) is 20.8. The van der Waals surface area contributed by atoms with Crippen LogP contribution in [-0.2, 0) is 0 Å². The fourth-order valence-corrected chi connectivity index (χ4v) is 4.93. The van der Waals surface area contributed by atoms with Crippen LogP contribution in [0.15, 0.2) is 60.9 Å². The summed E-state index contributed by atoms with van der Waals surface area (Å²) in [5.41, 5.74) is 12.3. The number of rotatable bonds is 3. The van der Waals surface area contributed by atoms with Gasteiger partial charge in [-0.05, 0) is 24.5 Å². The average molecular weight is 409 g/mol. The van der Waals surface area contributed by atoms with Crippen molar-refractivity contribution < 1.29 is 0 Å². The maximum atomic E-state index is 6.33. The molecule has 3 heterocycles. The van der Waals surface area contributed by atoms with Crippen molar-refractivity contribution in [1.29, 1.82) is 0 Å². The summed E-state index contributed by atoms with van der Waals surface area (Å²) in [7, 11) is 0. The Morgan fingerprint density at radius 1 is 0.968 bits per heavy atom. The highest BCUT2D eigenvalue weighted by molar-refractivity contribution is 5.98. The summed E-state index contributed by atoms with van der Waals surface area (Å²) in [6.07, 6.45) is 7.60. The van der Waals surface area contributed by atoms with Crippen LogP contribution in [0.3, 0.4) is 0 Å². The molecule has 1 aliphatic rings. The molecule has 3 aromatic heterocycles.